The molecule has 1 rings (SSSR count). The summed E-state index contributed by atoms with van der Waals surface area (Å²) in [5.41, 5.74) is 0. The van der Waals surface area contributed by atoms with Gasteiger partial charge in [-0.25, -0.2) is 4.79 Å². The second-order valence-corrected chi connectivity index (χ2v) is 4.06. The predicted molar refractivity (Wildman–Crippen MR) is 60.9 cm³/mol. The van der Waals surface area contributed by atoms with Gasteiger partial charge in [0.15, 0.2) is 6.10 Å². The van der Waals surface area contributed by atoms with E-state index in [1.54, 1.807) is 0 Å². The van der Waals surface area contributed by atoms with Gasteiger partial charge in [0.2, 0.25) is 0 Å². The van der Waals surface area contributed by atoms with Gasteiger partial charge in [-0.3, -0.25) is 0 Å². The molecule has 2 unspecified atom stereocenters. The van der Waals surface area contributed by atoms with E-state index in [0.717, 1.165) is 19.4 Å². The van der Waals surface area contributed by atoms with Gasteiger partial charge in [-0.2, -0.15) is 0 Å². The van der Waals surface area contributed by atoms with Crippen LogP contribution in [0.5, 0.6) is 0 Å². The minimum absolute atomic E-state index is 0.00876. The first-order valence-corrected chi connectivity index (χ1v) is 6.01. The summed E-state index contributed by atoms with van der Waals surface area (Å²) in [5.74, 6) is -0.870. The van der Waals surface area contributed by atoms with Crippen LogP contribution in [0.1, 0.15) is 19.3 Å². The Morgan fingerprint density at radius 1 is 1.41 bits per heavy atom. The Balaban J connectivity index is 1.92. The van der Waals surface area contributed by atoms with Crippen molar-refractivity contribution >= 4 is 5.97 Å². The van der Waals surface area contributed by atoms with Gasteiger partial charge < -0.3 is 25.0 Å². The molecule has 0 bridgehead atoms. The van der Waals surface area contributed by atoms with Gasteiger partial charge in [-0.05, 0) is 25.8 Å². The lowest BCUT2D eigenvalue weighted by Crippen LogP contribution is -2.29. The molecule has 0 radical (unpaired) electrons. The summed E-state index contributed by atoms with van der Waals surface area (Å²) < 4.78 is 10.4. The van der Waals surface area contributed by atoms with Crippen molar-refractivity contribution in [3.05, 3.63) is 0 Å². The number of rotatable bonds is 9. The highest BCUT2D eigenvalue weighted by atomic mass is 16.5. The van der Waals surface area contributed by atoms with Crippen LogP contribution in [-0.2, 0) is 14.3 Å². The summed E-state index contributed by atoms with van der Waals surface area (Å²) in [7, 11) is 0. The van der Waals surface area contributed by atoms with Crippen molar-refractivity contribution < 1.29 is 24.5 Å². The Morgan fingerprint density at radius 2 is 2.24 bits per heavy atom. The fourth-order valence-corrected chi connectivity index (χ4v) is 1.77. The van der Waals surface area contributed by atoms with Crippen molar-refractivity contribution in [3.8, 4) is 0 Å². The molecule has 0 spiro atoms. The zero-order chi connectivity index (χ0) is 12.5. The van der Waals surface area contributed by atoms with Crippen LogP contribution in [0.15, 0.2) is 0 Å². The topological polar surface area (TPSA) is 88.0 Å². The maximum Gasteiger partial charge on any atom is 0.332 e. The molecule has 0 aliphatic carbocycles. The summed E-state index contributed by atoms with van der Waals surface area (Å²) in [4.78, 5) is 10.6. The monoisotopic (exact) mass is 247 g/mol. The third-order valence-corrected chi connectivity index (χ3v) is 2.63. The van der Waals surface area contributed by atoms with Crippen molar-refractivity contribution in [3.63, 3.8) is 0 Å². The van der Waals surface area contributed by atoms with Gasteiger partial charge >= 0.3 is 5.97 Å². The van der Waals surface area contributed by atoms with Crippen molar-refractivity contribution in [1.29, 1.82) is 0 Å². The van der Waals surface area contributed by atoms with Crippen LogP contribution in [0, 0.1) is 0 Å². The predicted octanol–water partition coefficient (Wildman–Crippen LogP) is -0.393. The smallest absolute Gasteiger partial charge is 0.332 e. The quantitative estimate of drug-likeness (QED) is 0.481. The molecule has 100 valence electrons. The first-order chi connectivity index (χ1) is 8.24. The summed E-state index contributed by atoms with van der Waals surface area (Å²) in [5, 5.41) is 20.4. The number of carbonyl (C=O) groups is 1. The number of hydrogen-bond acceptors (Lipinski definition) is 5. The molecule has 6 nitrogen and oxygen atoms in total. The minimum atomic E-state index is -0.870. The van der Waals surface area contributed by atoms with E-state index in [1.165, 1.54) is 0 Å². The molecule has 1 heterocycles. The SMILES string of the molecule is O=C(O)C1CCC(CNCCCOCCO)O1. The van der Waals surface area contributed by atoms with Crippen molar-refractivity contribution in [2.75, 3.05) is 32.9 Å². The van der Waals surface area contributed by atoms with E-state index >= 15 is 0 Å². The summed E-state index contributed by atoms with van der Waals surface area (Å²) in [6.45, 7) is 2.55. The lowest BCUT2D eigenvalue weighted by molar-refractivity contribution is -0.149. The summed E-state index contributed by atoms with van der Waals surface area (Å²) in [6.07, 6.45) is 1.64. The van der Waals surface area contributed by atoms with E-state index in [-0.39, 0.29) is 12.7 Å². The largest absolute Gasteiger partial charge is 0.479 e. The molecule has 0 aromatic heterocycles. The van der Waals surface area contributed by atoms with Crippen LogP contribution in [0.4, 0.5) is 0 Å². The molecule has 0 aromatic carbocycles. The minimum Gasteiger partial charge on any atom is -0.479 e. The lowest BCUT2D eigenvalue weighted by Gasteiger charge is -2.12. The van der Waals surface area contributed by atoms with E-state index < -0.39 is 12.1 Å². The number of aliphatic carboxylic acids is 1. The van der Waals surface area contributed by atoms with Crippen LogP contribution in [0.25, 0.3) is 0 Å². The molecular weight excluding hydrogens is 226 g/mol. The summed E-state index contributed by atoms with van der Waals surface area (Å²) >= 11 is 0. The number of aliphatic hydroxyl groups excluding tert-OH is 1. The van der Waals surface area contributed by atoms with Crippen molar-refractivity contribution in [2.45, 2.75) is 31.5 Å². The first-order valence-electron chi connectivity index (χ1n) is 6.01. The Bertz CT molecular complexity index is 224. The average molecular weight is 247 g/mol. The molecule has 2 atom stereocenters. The molecule has 0 saturated carbocycles. The zero-order valence-corrected chi connectivity index (χ0v) is 9.93. The van der Waals surface area contributed by atoms with E-state index in [4.69, 9.17) is 19.7 Å². The normalized spacial score (nSPS) is 24.1. The van der Waals surface area contributed by atoms with Crippen LogP contribution in [-0.4, -0.2) is 61.3 Å². The maximum absolute atomic E-state index is 10.6. The molecule has 17 heavy (non-hydrogen) atoms. The van der Waals surface area contributed by atoms with Crippen molar-refractivity contribution in [1.82, 2.24) is 5.32 Å². The Kier molecular flexibility index (Phi) is 7.11. The molecule has 0 amide bonds. The summed E-state index contributed by atoms with van der Waals surface area (Å²) in [6, 6.07) is 0. The molecule has 3 N–H and O–H groups in total. The first kappa shape index (κ1) is 14.4. The van der Waals surface area contributed by atoms with Gasteiger partial charge in [-0.1, -0.05) is 0 Å². The number of carboxylic acids is 1. The highest BCUT2D eigenvalue weighted by Crippen LogP contribution is 2.18. The third-order valence-electron chi connectivity index (χ3n) is 2.63. The molecular formula is C11H21NO5. The Labute approximate surface area is 101 Å². The van der Waals surface area contributed by atoms with Crippen LogP contribution in [0.2, 0.25) is 0 Å². The Morgan fingerprint density at radius 3 is 2.88 bits per heavy atom. The molecule has 1 aliphatic rings. The third kappa shape index (κ3) is 5.97. The van der Waals surface area contributed by atoms with E-state index in [9.17, 15) is 4.79 Å². The highest BCUT2D eigenvalue weighted by Gasteiger charge is 2.29. The van der Waals surface area contributed by atoms with E-state index in [2.05, 4.69) is 5.32 Å². The molecule has 1 saturated heterocycles. The van der Waals surface area contributed by atoms with Gasteiger partial charge in [-0.15, -0.1) is 0 Å². The van der Waals surface area contributed by atoms with Gasteiger partial charge in [0.1, 0.15) is 0 Å². The van der Waals surface area contributed by atoms with E-state index in [1.807, 2.05) is 0 Å². The standard InChI is InChI=1S/C11H21NO5/c13-5-7-16-6-1-4-12-8-9-2-3-10(17-9)11(14)15/h9-10,12-13H,1-8H2,(H,14,15). The highest BCUT2D eigenvalue weighted by molar-refractivity contribution is 5.72. The number of carboxylic acid groups (broad SMARTS) is 1. The Hall–Kier alpha value is -0.690. The van der Waals surface area contributed by atoms with Crippen molar-refractivity contribution in [2.24, 2.45) is 0 Å². The van der Waals surface area contributed by atoms with Crippen LogP contribution in [0.3, 0.4) is 0 Å². The second kappa shape index (κ2) is 8.41. The van der Waals surface area contributed by atoms with Gasteiger partial charge in [0.05, 0.1) is 19.3 Å². The zero-order valence-electron chi connectivity index (χ0n) is 9.93. The molecule has 0 aromatic rings. The van der Waals surface area contributed by atoms with Crippen LogP contribution >= 0.6 is 0 Å². The lowest BCUT2D eigenvalue weighted by atomic mass is 10.2. The van der Waals surface area contributed by atoms with E-state index in [0.29, 0.717) is 26.2 Å². The molecule has 6 heteroatoms. The van der Waals surface area contributed by atoms with Gasteiger partial charge in [0, 0.05) is 13.2 Å². The second-order valence-electron chi connectivity index (χ2n) is 4.06. The maximum atomic E-state index is 10.6. The fraction of sp³-hybridized carbons (Fsp3) is 0.909. The number of hydrogen-bond donors (Lipinski definition) is 3. The number of ether oxygens (including phenoxy) is 2. The van der Waals surface area contributed by atoms with Gasteiger partial charge in [0.25, 0.3) is 0 Å². The molecule has 1 aliphatic heterocycles. The average Bonchev–Trinajstić information content (AvgIpc) is 2.77. The molecule has 1 fully saturated rings. The number of nitrogens with one attached hydrogen (secondary N) is 1. The number of aliphatic hydroxyl groups is 1. The van der Waals surface area contributed by atoms with Crippen LogP contribution < -0.4 is 5.32 Å². The fourth-order valence-electron chi connectivity index (χ4n) is 1.77.